The maximum atomic E-state index is 11.7. The Bertz CT molecular complexity index is 872. The van der Waals surface area contributed by atoms with E-state index in [9.17, 15) is 33.1 Å². The fourth-order valence-electron chi connectivity index (χ4n) is 8.90. The van der Waals surface area contributed by atoms with Gasteiger partial charge in [0.05, 0.1) is 18.3 Å². The zero-order chi connectivity index (χ0) is 24.3. The monoisotopic (exact) mass is 532 g/mol. The number of fused-ring (bicyclic) bond motifs is 5. The molecule has 0 spiro atoms. The van der Waals surface area contributed by atoms with Crippen LogP contribution in [0.3, 0.4) is 0 Å². The second-order valence-corrected chi connectivity index (χ2v) is 12.9. The summed E-state index contributed by atoms with van der Waals surface area (Å²) in [5.74, 6) is -1.06. The molecule has 0 aromatic heterocycles. The average molecular weight is 533 g/mol. The van der Waals surface area contributed by atoms with E-state index in [0.717, 1.165) is 19.3 Å². The van der Waals surface area contributed by atoms with Gasteiger partial charge in [-0.1, -0.05) is 20.8 Å². The molecule has 4 aliphatic rings. The van der Waals surface area contributed by atoms with Crippen LogP contribution in [0.15, 0.2) is 0 Å². The van der Waals surface area contributed by atoms with Gasteiger partial charge in [0, 0.05) is 5.97 Å². The predicted octanol–water partition coefficient (Wildman–Crippen LogP) is -4.39. The van der Waals surface area contributed by atoms with Crippen LogP contribution in [-0.2, 0) is 19.4 Å². The Morgan fingerprint density at radius 3 is 2.34 bits per heavy atom. The average Bonchev–Trinajstić information content (AvgIpc) is 3.05. The number of hydrogen-bond acceptors (Lipinski definition) is 8. The third-order valence-electron chi connectivity index (χ3n) is 10.5. The molecule has 11 heteroatoms. The molecule has 35 heavy (non-hydrogen) atoms. The van der Waals surface area contributed by atoms with Crippen molar-refractivity contribution in [2.24, 2.45) is 46.3 Å². The maximum absolute atomic E-state index is 11.7. The van der Waals surface area contributed by atoms with Crippen LogP contribution in [0.1, 0.15) is 78.6 Å². The van der Waals surface area contributed by atoms with Gasteiger partial charge >= 0.3 is 59.1 Å². The quantitative estimate of drug-likeness (QED) is 0.198. The van der Waals surface area contributed by atoms with Gasteiger partial charge in [-0.15, -0.1) is 0 Å². The van der Waals surface area contributed by atoms with Crippen molar-refractivity contribution in [2.75, 3.05) is 0 Å². The minimum atomic E-state index is -4.90. The van der Waals surface area contributed by atoms with Crippen LogP contribution in [0.25, 0.3) is 0 Å². The van der Waals surface area contributed by atoms with E-state index >= 15 is 0 Å². The number of carbonyl (C=O) groups is 1. The van der Waals surface area contributed by atoms with Crippen molar-refractivity contribution in [1.82, 2.24) is 0 Å². The molecule has 0 bridgehead atoms. The molecule has 4 aliphatic carbocycles. The van der Waals surface area contributed by atoms with Crippen LogP contribution in [-0.4, -0.2) is 47.5 Å². The molecule has 0 amide bonds. The molecule has 2 N–H and O–H groups in total. The molecule has 190 valence electrons. The second kappa shape index (κ2) is 11.8. The first-order chi connectivity index (χ1) is 15.3. The molecule has 0 aliphatic heterocycles. The first-order valence-corrected chi connectivity index (χ1v) is 13.8. The number of rotatable bonds is 6. The van der Waals surface area contributed by atoms with Crippen LogP contribution in [0.2, 0.25) is 0 Å². The largest absolute Gasteiger partial charge is 1.00 e. The Morgan fingerprint density at radius 2 is 1.74 bits per heavy atom. The van der Waals surface area contributed by atoms with Gasteiger partial charge < -0.3 is 24.7 Å². The van der Waals surface area contributed by atoms with Crippen molar-refractivity contribution in [3.63, 3.8) is 0 Å². The van der Waals surface area contributed by atoms with Gasteiger partial charge in [0.25, 0.3) is 0 Å². The van der Waals surface area contributed by atoms with Crippen LogP contribution in [0.5, 0.6) is 0 Å². The van der Waals surface area contributed by atoms with Crippen molar-refractivity contribution in [3.05, 3.63) is 0 Å². The van der Waals surface area contributed by atoms with E-state index in [1.165, 1.54) is 0 Å². The van der Waals surface area contributed by atoms with Gasteiger partial charge in [0.15, 0.2) is 0 Å². The predicted molar refractivity (Wildman–Crippen MR) is 116 cm³/mol. The number of aliphatic carboxylic acids is 1. The van der Waals surface area contributed by atoms with Crippen LogP contribution < -0.4 is 64.2 Å². The molecule has 0 unspecified atom stereocenters. The molecule has 0 aromatic carbocycles. The van der Waals surface area contributed by atoms with Gasteiger partial charge in [-0.05, 0) is 104 Å². The van der Waals surface area contributed by atoms with E-state index < -0.39 is 40.1 Å². The molecule has 4 saturated carbocycles. The Hall–Kier alpha value is 1.26. The maximum Gasteiger partial charge on any atom is 1.00 e. The van der Waals surface area contributed by atoms with Crippen LogP contribution in [0.4, 0.5) is 0 Å². The Kier molecular flexibility index (Phi) is 10.9. The molecule has 8 nitrogen and oxygen atoms in total. The SMILES string of the molecule is C[C@H](CCC(=O)[O-])[C@H]1CC[C@H]2[C@@H]3[C@H](OS(=O)(=O)[O-])C[C@@H]4C[C@H](O)CC[C@]4(C)[C@H]3C[C@H](O)[C@]12C.[Na+].[Na+]. The number of carboxylic acid groups (broad SMARTS) is 1. The van der Waals surface area contributed by atoms with Gasteiger partial charge in [0.2, 0.25) is 10.4 Å². The summed E-state index contributed by atoms with van der Waals surface area (Å²) in [4.78, 5) is 11.0. The van der Waals surface area contributed by atoms with E-state index in [1.807, 2.05) is 6.92 Å². The van der Waals surface area contributed by atoms with E-state index in [-0.39, 0.29) is 106 Å². The number of carboxylic acids is 1. The fraction of sp³-hybridized carbons (Fsp3) is 0.958. The van der Waals surface area contributed by atoms with E-state index in [0.29, 0.717) is 32.1 Å². The van der Waals surface area contributed by atoms with Crippen molar-refractivity contribution in [1.29, 1.82) is 0 Å². The van der Waals surface area contributed by atoms with E-state index in [4.69, 9.17) is 4.18 Å². The van der Waals surface area contributed by atoms with Crippen molar-refractivity contribution in [3.8, 4) is 0 Å². The normalized spacial score (nSPS) is 45.7. The van der Waals surface area contributed by atoms with Gasteiger partial charge in [-0.25, -0.2) is 8.42 Å². The van der Waals surface area contributed by atoms with Gasteiger partial charge in [-0.3, -0.25) is 4.18 Å². The summed E-state index contributed by atoms with van der Waals surface area (Å²) in [5, 5.41) is 32.9. The van der Waals surface area contributed by atoms with E-state index in [1.54, 1.807) is 0 Å². The third-order valence-corrected chi connectivity index (χ3v) is 11.0. The first kappa shape index (κ1) is 32.5. The minimum absolute atomic E-state index is 0. The van der Waals surface area contributed by atoms with Gasteiger partial charge in [0.1, 0.15) is 0 Å². The summed E-state index contributed by atoms with van der Waals surface area (Å²) < 4.78 is 40.3. The van der Waals surface area contributed by atoms with Crippen LogP contribution >= 0.6 is 0 Å². The summed E-state index contributed by atoms with van der Waals surface area (Å²) in [6.07, 6.45) is 3.23. The van der Waals surface area contributed by atoms with Crippen molar-refractivity contribution < 1.29 is 96.4 Å². The third kappa shape index (κ3) is 6.06. The molecular formula is C24H38Na2O8S. The molecule has 0 saturated heterocycles. The summed E-state index contributed by atoms with van der Waals surface area (Å²) in [6, 6.07) is 0. The smallest absolute Gasteiger partial charge is 0.726 e. The zero-order valence-electron chi connectivity index (χ0n) is 21.8. The second-order valence-electron chi connectivity index (χ2n) is 11.9. The minimum Gasteiger partial charge on any atom is -0.726 e. The Morgan fingerprint density at radius 1 is 1.09 bits per heavy atom. The molecule has 11 atom stereocenters. The number of hydrogen-bond donors (Lipinski definition) is 2. The standard InChI is InChI=1S/C24H40O8S.2Na/c1-13(4-7-21(27)28)16-5-6-17-22-18(12-20(26)24(16,17)3)23(2)9-8-15(25)10-14(23)11-19(22)32-33(29,30)31;;/h13-20,22,25-26H,4-12H2,1-3H3,(H,27,28)(H,29,30,31);;/q;2*+1/p-2/t13-,14+,15-,16-,17+,18+,19-,20+,22+,23+,24-;;/m1../s1. The molecule has 4 rings (SSSR count). The number of aliphatic hydroxyl groups is 2. The molecule has 4 fully saturated rings. The molecule has 0 radical (unpaired) electrons. The van der Waals surface area contributed by atoms with Crippen molar-refractivity contribution in [2.45, 2.75) is 96.9 Å². The summed E-state index contributed by atoms with van der Waals surface area (Å²) in [5.41, 5.74) is -0.657. The Labute approximate surface area is 253 Å². The summed E-state index contributed by atoms with van der Waals surface area (Å²) in [7, 11) is -4.90. The number of carbonyl (C=O) groups excluding carboxylic acids is 1. The van der Waals surface area contributed by atoms with Gasteiger partial charge in [-0.2, -0.15) is 0 Å². The van der Waals surface area contributed by atoms with E-state index in [2.05, 4.69) is 13.8 Å². The zero-order valence-corrected chi connectivity index (χ0v) is 26.6. The summed E-state index contributed by atoms with van der Waals surface area (Å²) in [6.45, 7) is 6.29. The summed E-state index contributed by atoms with van der Waals surface area (Å²) >= 11 is 0. The Balaban J connectivity index is 0.00000216. The first-order valence-electron chi connectivity index (χ1n) is 12.5. The molecular weight excluding hydrogens is 494 g/mol. The molecule has 0 aromatic rings. The fourth-order valence-corrected chi connectivity index (χ4v) is 9.41. The molecule has 0 heterocycles. The van der Waals surface area contributed by atoms with Crippen LogP contribution in [0, 0.1) is 46.3 Å². The van der Waals surface area contributed by atoms with Crippen molar-refractivity contribution >= 4 is 16.4 Å². The topological polar surface area (TPSA) is 147 Å². The number of aliphatic hydroxyl groups excluding tert-OH is 2.